The van der Waals surface area contributed by atoms with Crippen LogP contribution in [0.2, 0.25) is 5.15 Å². The molecular weight excluding hydrogens is 454 g/mol. The van der Waals surface area contributed by atoms with Gasteiger partial charge in [0.15, 0.2) is 5.96 Å². The molecule has 0 saturated carbocycles. The second-order valence-corrected chi connectivity index (χ2v) is 5.95. The highest BCUT2D eigenvalue weighted by Gasteiger charge is 2.09. The number of pyridine rings is 1. The number of aromatic nitrogens is 1. The summed E-state index contributed by atoms with van der Waals surface area (Å²) in [6.45, 7) is 6.94. The quantitative estimate of drug-likeness (QED) is 0.287. The molecule has 0 bridgehead atoms. The van der Waals surface area contributed by atoms with Crippen molar-refractivity contribution in [2.75, 3.05) is 6.54 Å². The first kappa shape index (κ1) is 21.6. The molecule has 2 aromatic rings. The average Bonchev–Trinajstić information content (AvgIpc) is 2.56. The second kappa shape index (κ2) is 10.6. The molecular formula is C18H23ClFIN4. The van der Waals surface area contributed by atoms with Gasteiger partial charge in [-0.15, -0.1) is 24.0 Å². The monoisotopic (exact) mass is 476 g/mol. The van der Waals surface area contributed by atoms with Crippen molar-refractivity contribution in [3.63, 3.8) is 0 Å². The molecule has 0 spiro atoms. The highest BCUT2D eigenvalue weighted by molar-refractivity contribution is 14.0. The van der Waals surface area contributed by atoms with Gasteiger partial charge in [-0.05, 0) is 49.6 Å². The SMILES string of the molecule is CCNC(=NCc1ccc(Cl)nc1)NC(C)c1ccc(C)c(F)c1.I. The van der Waals surface area contributed by atoms with Crippen molar-refractivity contribution in [2.45, 2.75) is 33.4 Å². The van der Waals surface area contributed by atoms with Crippen molar-refractivity contribution >= 4 is 41.5 Å². The molecule has 4 nitrogen and oxygen atoms in total. The van der Waals surface area contributed by atoms with Gasteiger partial charge in [0.2, 0.25) is 0 Å². The second-order valence-electron chi connectivity index (χ2n) is 5.56. The number of rotatable bonds is 5. The lowest BCUT2D eigenvalue weighted by Gasteiger charge is -2.18. The van der Waals surface area contributed by atoms with Gasteiger partial charge < -0.3 is 10.6 Å². The van der Waals surface area contributed by atoms with E-state index in [0.717, 1.165) is 17.7 Å². The molecule has 0 aliphatic heterocycles. The Bertz CT molecular complexity index is 707. The normalized spacial score (nSPS) is 12.3. The van der Waals surface area contributed by atoms with Gasteiger partial charge in [0, 0.05) is 12.7 Å². The third-order valence-electron chi connectivity index (χ3n) is 3.60. The van der Waals surface area contributed by atoms with Crippen molar-refractivity contribution < 1.29 is 4.39 Å². The first-order valence-electron chi connectivity index (χ1n) is 7.91. The molecule has 2 N–H and O–H groups in total. The molecule has 25 heavy (non-hydrogen) atoms. The molecule has 0 radical (unpaired) electrons. The van der Waals surface area contributed by atoms with Crippen LogP contribution >= 0.6 is 35.6 Å². The van der Waals surface area contributed by atoms with Gasteiger partial charge in [-0.25, -0.2) is 14.4 Å². The van der Waals surface area contributed by atoms with Gasteiger partial charge in [-0.1, -0.05) is 29.8 Å². The maximum atomic E-state index is 13.7. The number of halogens is 3. The van der Waals surface area contributed by atoms with E-state index in [-0.39, 0.29) is 35.8 Å². The molecule has 1 aromatic carbocycles. The zero-order valence-corrected chi connectivity index (χ0v) is 17.6. The lowest BCUT2D eigenvalue weighted by atomic mass is 10.1. The van der Waals surface area contributed by atoms with Gasteiger partial charge in [0.05, 0.1) is 12.6 Å². The molecule has 1 unspecified atom stereocenters. The van der Waals surface area contributed by atoms with Crippen LogP contribution in [0.4, 0.5) is 4.39 Å². The van der Waals surface area contributed by atoms with Crippen LogP contribution in [-0.2, 0) is 6.54 Å². The van der Waals surface area contributed by atoms with Gasteiger partial charge in [-0.2, -0.15) is 0 Å². The molecule has 7 heteroatoms. The molecule has 0 aliphatic rings. The van der Waals surface area contributed by atoms with Gasteiger partial charge in [0.1, 0.15) is 11.0 Å². The number of guanidine groups is 1. The minimum atomic E-state index is -0.199. The van der Waals surface area contributed by atoms with Crippen molar-refractivity contribution in [3.8, 4) is 0 Å². The molecule has 0 fully saturated rings. The van der Waals surface area contributed by atoms with Crippen LogP contribution in [0.3, 0.4) is 0 Å². The fourth-order valence-corrected chi connectivity index (χ4v) is 2.27. The predicted molar refractivity (Wildman–Crippen MR) is 112 cm³/mol. The van der Waals surface area contributed by atoms with Gasteiger partial charge in [0.25, 0.3) is 0 Å². The summed E-state index contributed by atoms with van der Waals surface area (Å²) in [5, 5.41) is 6.94. The highest BCUT2D eigenvalue weighted by Crippen LogP contribution is 2.16. The molecule has 1 aromatic heterocycles. The summed E-state index contributed by atoms with van der Waals surface area (Å²) < 4.78 is 13.7. The number of hydrogen-bond acceptors (Lipinski definition) is 2. The number of benzene rings is 1. The van der Waals surface area contributed by atoms with E-state index in [2.05, 4.69) is 20.6 Å². The van der Waals surface area contributed by atoms with Crippen molar-refractivity contribution in [1.29, 1.82) is 0 Å². The summed E-state index contributed by atoms with van der Waals surface area (Å²) in [7, 11) is 0. The maximum absolute atomic E-state index is 13.7. The third-order valence-corrected chi connectivity index (χ3v) is 3.83. The number of aryl methyl sites for hydroxylation is 1. The Balaban J connectivity index is 0.00000312. The Labute approximate surface area is 170 Å². The number of nitrogens with one attached hydrogen (secondary N) is 2. The van der Waals surface area contributed by atoms with Gasteiger partial charge >= 0.3 is 0 Å². The fourth-order valence-electron chi connectivity index (χ4n) is 2.16. The number of nitrogens with zero attached hydrogens (tertiary/aromatic N) is 2. The van der Waals surface area contributed by atoms with Crippen LogP contribution < -0.4 is 10.6 Å². The van der Waals surface area contributed by atoms with Crippen LogP contribution in [-0.4, -0.2) is 17.5 Å². The molecule has 1 heterocycles. The Morgan fingerprint density at radius 2 is 2.08 bits per heavy atom. The highest BCUT2D eigenvalue weighted by atomic mass is 127. The maximum Gasteiger partial charge on any atom is 0.192 e. The Kier molecular flexibility index (Phi) is 9.13. The van der Waals surface area contributed by atoms with Crippen molar-refractivity contribution in [2.24, 2.45) is 4.99 Å². The smallest absolute Gasteiger partial charge is 0.192 e. The Morgan fingerprint density at radius 1 is 1.32 bits per heavy atom. The molecule has 2 rings (SSSR count). The van der Waals surface area contributed by atoms with Crippen LogP contribution in [0.1, 0.15) is 36.6 Å². The summed E-state index contributed by atoms with van der Waals surface area (Å²) in [6.07, 6.45) is 1.70. The van der Waals surface area contributed by atoms with Crippen molar-refractivity contribution in [3.05, 3.63) is 64.2 Å². The van der Waals surface area contributed by atoms with Gasteiger partial charge in [-0.3, -0.25) is 0 Å². The number of aliphatic imine (C=N–C) groups is 1. The molecule has 0 amide bonds. The number of hydrogen-bond donors (Lipinski definition) is 2. The summed E-state index contributed by atoms with van der Waals surface area (Å²) in [6, 6.07) is 8.82. The van der Waals surface area contributed by atoms with Crippen LogP contribution in [0.25, 0.3) is 0 Å². The largest absolute Gasteiger partial charge is 0.357 e. The summed E-state index contributed by atoms with van der Waals surface area (Å²) in [5.74, 6) is 0.469. The van der Waals surface area contributed by atoms with E-state index in [0.29, 0.717) is 23.2 Å². The minimum absolute atomic E-state index is 0. The van der Waals surface area contributed by atoms with E-state index in [1.54, 1.807) is 31.3 Å². The molecule has 136 valence electrons. The summed E-state index contributed by atoms with van der Waals surface area (Å²) in [4.78, 5) is 8.58. The lowest BCUT2D eigenvalue weighted by Crippen LogP contribution is -2.38. The Morgan fingerprint density at radius 3 is 2.68 bits per heavy atom. The van der Waals surface area contributed by atoms with E-state index in [4.69, 9.17) is 11.6 Å². The van der Waals surface area contributed by atoms with E-state index < -0.39 is 0 Å². The van der Waals surface area contributed by atoms with E-state index in [1.165, 1.54) is 0 Å². The van der Waals surface area contributed by atoms with Crippen LogP contribution in [0, 0.1) is 12.7 Å². The average molecular weight is 477 g/mol. The first-order chi connectivity index (χ1) is 11.5. The van der Waals surface area contributed by atoms with E-state index >= 15 is 0 Å². The first-order valence-corrected chi connectivity index (χ1v) is 8.28. The molecule has 0 saturated heterocycles. The van der Waals surface area contributed by atoms with Crippen molar-refractivity contribution in [1.82, 2.24) is 15.6 Å². The molecule has 0 aliphatic carbocycles. The molecule has 1 atom stereocenters. The third kappa shape index (κ3) is 6.78. The fraction of sp³-hybridized carbons (Fsp3) is 0.333. The predicted octanol–water partition coefficient (Wildman–Crippen LogP) is 4.62. The zero-order valence-electron chi connectivity index (χ0n) is 14.5. The van der Waals surface area contributed by atoms with E-state index in [1.807, 2.05) is 26.0 Å². The summed E-state index contributed by atoms with van der Waals surface area (Å²) in [5.41, 5.74) is 2.48. The Hall–Kier alpha value is -1.41. The lowest BCUT2D eigenvalue weighted by molar-refractivity contribution is 0.607. The summed E-state index contributed by atoms with van der Waals surface area (Å²) >= 11 is 5.78. The van der Waals surface area contributed by atoms with Crippen LogP contribution in [0.15, 0.2) is 41.5 Å². The zero-order chi connectivity index (χ0) is 17.5. The van der Waals surface area contributed by atoms with E-state index in [9.17, 15) is 4.39 Å². The topological polar surface area (TPSA) is 49.3 Å². The minimum Gasteiger partial charge on any atom is -0.357 e. The standard InChI is InChI=1S/C18H22ClFN4.HI/c1-4-21-18(23-11-14-6-8-17(19)22-10-14)24-13(3)15-7-5-12(2)16(20)9-15;/h5-10,13H,4,11H2,1-3H3,(H2,21,23,24);1H. The van der Waals surface area contributed by atoms with Crippen LogP contribution in [0.5, 0.6) is 0 Å².